The van der Waals surface area contributed by atoms with E-state index in [0.29, 0.717) is 12.3 Å². The van der Waals surface area contributed by atoms with Crippen LogP contribution in [-0.4, -0.2) is 35.7 Å². The molecule has 2 N–H and O–H groups in total. The fraction of sp³-hybridized carbons (Fsp3) is 0.750. The normalized spacial score (nSPS) is 17.9. The van der Waals surface area contributed by atoms with E-state index in [1.807, 2.05) is 13.8 Å². The summed E-state index contributed by atoms with van der Waals surface area (Å²) in [5.41, 5.74) is 0. The highest BCUT2D eigenvalue weighted by Crippen LogP contribution is 2.34. The summed E-state index contributed by atoms with van der Waals surface area (Å²) in [7, 11) is -3.59. The topological polar surface area (TPSA) is 84.2 Å². The number of aliphatic hydroxyl groups excluding tert-OH is 1. The number of hydrogen-bond donors (Lipinski definition) is 2. The number of aromatic nitrogens is 2. The second-order valence-electron chi connectivity index (χ2n) is 5.33. The van der Waals surface area contributed by atoms with Crippen LogP contribution in [0, 0.1) is 5.92 Å². The highest BCUT2D eigenvalue weighted by Gasteiger charge is 2.34. The second-order valence-corrected chi connectivity index (χ2v) is 6.99. The van der Waals surface area contributed by atoms with Crippen molar-refractivity contribution in [1.29, 1.82) is 0 Å². The van der Waals surface area contributed by atoms with Crippen molar-refractivity contribution in [3.8, 4) is 0 Å². The second kappa shape index (κ2) is 5.60. The molecular weight excluding hydrogens is 266 g/mol. The van der Waals surface area contributed by atoms with Crippen LogP contribution in [0.5, 0.6) is 0 Å². The van der Waals surface area contributed by atoms with Crippen LogP contribution >= 0.6 is 0 Å². The first kappa shape index (κ1) is 14.5. The third kappa shape index (κ3) is 3.55. The molecule has 0 amide bonds. The molecular formula is C12H21N3O3S. The van der Waals surface area contributed by atoms with Crippen LogP contribution in [0.2, 0.25) is 0 Å². The van der Waals surface area contributed by atoms with Gasteiger partial charge in [-0.05, 0) is 39.0 Å². The third-order valence-corrected chi connectivity index (χ3v) is 4.76. The van der Waals surface area contributed by atoms with Crippen molar-refractivity contribution in [3.63, 3.8) is 0 Å². The quantitative estimate of drug-likeness (QED) is 0.780. The van der Waals surface area contributed by atoms with E-state index in [1.165, 1.54) is 12.5 Å². The minimum absolute atomic E-state index is 0.00980. The Morgan fingerprint density at radius 3 is 2.68 bits per heavy atom. The Labute approximate surface area is 113 Å². The van der Waals surface area contributed by atoms with E-state index >= 15 is 0 Å². The fourth-order valence-corrected chi connectivity index (χ4v) is 3.30. The molecule has 0 radical (unpaired) electrons. The van der Waals surface area contributed by atoms with Gasteiger partial charge in [0.25, 0.3) is 10.0 Å². The molecule has 1 aromatic rings. The molecule has 0 saturated heterocycles. The number of aliphatic hydroxyl groups is 1. The summed E-state index contributed by atoms with van der Waals surface area (Å²) >= 11 is 0. The summed E-state index contributed by atoms with van der Waals surface area (Å²) in [6.07, 6.45) is 5.56. The van der Waals surface area contributed by atoms with Crippen LogP contribution in [0.1, 0.15) is 39.2 Å². The Hall–Kier alpha value is -0.920. The van der Waals surface area contributed by atoms with Gasteiger partial charge in [0, 0.05) is 24.9 Å². The molecule has 0 bridgehead atoms. The summed E-state index contributed by atoms with van der Waals surface area (Å²) in [6, 6.07) is -0.00711. The molecule has 19 heavy (non-hydrogen) atoms. The van der Waals surface area contributed by atoms with Crippen LogP contribution < -0.4 is 4.72 Å². The number of imidazole rings is 1. The van der Waals surface area contributed by atoms with Gasteiger partial charge in [-0.1, -0.05) is 0 Å². The molecule has 108 valence electrons. The zero-order valence-corrected chi connectivity index (χ0v) is 12.1. The molecule has 0 aliphatic heterocycles. The van der Waals surface area contributed by atoms with Crippen LogP contribution in [0.15, 0.2) is 17.6 Å². The lowest BCUT2D eigenvalue weighted by molar-refractivity contribution is 0.265. The van der Waals surface area contributed by atoms with Gasteiger partial charge in [0.05, 0.1) is 6.33 Å². The van der Waals surface area contributed by atoms with E-state index in [2.05, 4.69) is 9.71 Å². The van der Waals surface area contributed by atoms with E-state index < -0.39 is 10.0 Å². The summed E-state index contributed by atoms with van der Waals surface area (Å²) < 4.78 is 28.9. The molecule has 1 aromatic heterocycles. The monoisotopic (exact) mass is 287 g/mol. The Morgan fingerprint density at radius 1 is 1.53 bits per heavy atom. The summed E-state index contributed by atoms with van der Waals surface area (Å²) in [4.78, 5) is 3.95. The molecule has 1 aliphatic carbocycles. The number of hydrogen-bond acceptors (Lipinski definition) is 4. The predicted octanol–water partition coefficient (Wildman–Crippen LogP) is 0.903. The minimum atomic E-state index is -3.59. The first-order chi connectivity index (χ1) is 8.94. The molecule has 1 heterocycles. The molecule has 1 aliphatic rings. The zero-order chi connectivity index (χ0) is 14.0. The van der Waals surface area contributed by atoms with Crippen molar-refractivity contribution in [2.45, 2.75) is 50.2 Å². The average molecular weight is 287 g/mol. The molecule has 6 nitrogen and oxygen atoms in total. The van der Waals surface area contributed by atoms with Gasteiger partial charge in [0.2, 0.25) is 0 Å². The van der Waals surface area contributed by atoms with Gasteiger partial charge in [-0.25, -0.2) is 18.1 Å². The van der Waals surface area contributed by atoms with Crippen molar-refractivity contribution in [3.05, 3.63) is 12.5 Å². The predicted molar refractivity (Wildman–Crippen MR) is 71.1 cm³/mol. The van der Waals surface area contributed by atoms with Gasteiger partial charge in [-0.3, -0.25) is 0 Å². The summed E-state index contributed by atoms with van der Waals surface area (Å²) in [5, 5.41) is 9.05. The highest BCUT2D eigenvalue weighted by atomic mass is 32.2. The maximum Gasteiger partial charge on any atom is 0.259 e. The van der Waals surface area contributed by atoms with Crippen LogP contribution in [0.25, 0.3) is 0 Å². The Bertz CT molecular complexity index is 520. The molecule has 2 rings (SSSR count). The standard InChI is InChI=1S/C12H21N3O3S/c1-9(2)15-7-12(13-8-15)19(17,18)14-11(5-6-16)10-3-4-10/h7-11,14,16H,3-6H2,1-2H3. The molecule has 1 atom stereocenters. The molecule has 1 fully saturated rings. The van der Waals surface area contributed by atoms with Gasteiger partial charge < -0.3 is 9.67 Å². The van der Waals surface area contributed by atoms with E-state index in [4.69, 9.17) is 5.11 Å². The molecule has 0 spiro atoms. The Balaban J connectivity index is 2.11. The molecule has 1 saturated carbocycles. The smallest absolute Gasteiger partial charge is 0.259 e. The van der Waals surface area contributed by atoms with E-state index in [-0.39, 0.29) is 23.7 Å². The van der Waals surface area contributed by atoms with Gasteiger partial charge in [-0.2, -0.15) is 0 Å². The zero-order valence-electron chi connectivity index (χ0n) is 11.3. The van der Waals surface area contributed by atoms with Crippen LogP contribution in [0.3, 0.4) is 0 Å². The molecule has 7 heteroatoms. The van der Waals surface area contributed by atoms with Gasteiger partial charge >= 0.3 is 0 Å². The largest absolute Gasteiger partial charge is 0.396 e. The van der Waals surface area contributed by atoms with Crippen molar-refractivity contribution in [2.75, 3.05) is 6.61 Å². The minimum Gasteiger partial charge on any atom is -0.396 e. The van der Waals surface area contributed by atoms with E-state index in [1.54, 1.807) is 4.57 Å². The van der Waals surface area contributed by atoms with Crippen molar-refractivity contribution < 1.29 is 13.5 Å². The van der Waals surface area contributed by atoms with Crippen LogP contribution in [0.4, 0.5) is 0 Å². The number of rotatable bonds is 7. The van der Waals surface area contributed by atoms with Crippen molar-refractivity contribution in [2.24, 2.45) is 5.92 Å². The highest BCUT2D eigenvalue weighted by molar-refractivity contribution is 7.89. The number of nitrogens with zero attached hydrogens (tertiary/aromatic N) is 2. The maximum absolute atomic E-state index is 12.2. The Morgan fingerprint density at radius 2 is 2.21 bits per heavy atom. The number of nitrogens with one attached hydrogen (secondary N) is 1. The van der Waals surface area contributed by atoms with Gasteiger partial charge in [0.1, 0.15) is 0 Å². The third-order valence-electron chi connectivity index (χ3n) is 3.39. The first-order valence-electron chi connectivity index (χ1n) is 6.60. The van der Waals surface area contributed by atoms with Gasteiger partial charge in [-0.15, -0.1) is 0 Å². The lowest BCUT2D eigenvalue weighted by atomic mass is 10.1. The summed E-state index contributed by atoms with van der Waals surface area (Å²) in [5.74, 6) is 0.356. The lowest BCUT2D eigenvalue weighted by Crippen LogP contribution is -2.37. The fourth-order valence-electron chi connectivity index (χ4n) is 2.03. The lowest BCUT2D eigenvalue weighted by Gasteiger charge is -2.16. The van der Waals surface area contributed by atoms with E-state index in [9.17, 15) is 8.42 Å². The summed E-state index contributed by atoms with van der Waals surface area (Å²) in [6.45, 7) is 3.92. The van der Waals surface area contributed by atoms with Gasteiger partial charge in [0.15, 0.2) is 5.03 Å². The molecule has 1 unspecified atom stereocenters. The molecule has 0 aromatic carbocycles. The van der Waals surface area contributed by atoms with Crippen LogP contribution in [-0.2, 0) is 10.0 Å². The maximum atomic E-state index is 12.2. The average Bonchev–Trinajstić information content (AvgIpc) is 3.04. The van der Waals surface area contributed by atoms with Crippen molar-refractivity contribution >= 4 is 10.0 Å². The van der Waals surface area contributed by atoms with E-state index in [0.717, 1.165) is 12.8 Å². The number of sulfonamides is 1. The van der Waals surface area contributed by atoms with Crippen molar-refractivity contribution in [1.82, 2.24) is 14.3 Å². The Kier molecular flexibility index (Phi) is 4.27. The first-order valence-corrected chi connectivity index (χ1v) is 8.09. The SMILES string of the molecule is CC(C)n1cnc(S(=O)(=O)NC(CCO)C2CC2)c1.